The summed E-state index contributed by atoms with van der Waals surface area (Å²) in [6.07, 6.45) is 1.85. The summed E-state index contributed by atoms with van der Waals surface area (Å²) in [6, 6.07) is 10.1. The molecular formula is C21H23FN4O2. The summed E-state index contributed by atoms with van der Waals surface area (Å²) < 4.78 is 13.6. The number of nitrogens with one attached hydrogen (secondary N) is 1. The maximum atomic E-state index is 13.6. The number of H-pyrrole nitrogens is 1. The molecule has 2 atom stereocenters. The first-order valence-electron chi connectivity index (χ1n) is 9.84. The first-order chi connectivity index (χ1) is 13.5. The van der Waals surface area contributed by atoms with Gasteiger partial charge in [0, 0.05) is 38.0 Å². The predicted octanol–water partition coefficient (Wildman–Crippen LogP) is 1.84. The summed E-state index contributed by atoms with van der Waals surface area (Å²) in [6.45, 7) is 4.42. The van der Waals surface area contributed by atoms with Gasteiger partial charge >= 0.3 is 0 Å². The van der Waals surface area contributed by atoms with E-state index in [1.54, 1.807) is 0 Å². The first-order valence-corrected chi connectivity index (χ1v) is 9.84. The van der Waals surface area contributed by atoms with Crippen molar-refractivity contribution in [1.82, 2.24) is 14.9 Å². The Hall–Kier alpha value is -2.70. The number of amides is 1. The minimum absolute atomic E-state index is 0.117. The number of likely N-dealkylation sites (tertiary alicyclic amines) is 1. The van der Waals surface area contributed by atoms with Gasteiger partial charge in [0.15, 0.2) is 0 Å². The second kappa shape index (κ2) is 6.15. The summed E-state index contributed by atoms with van der Waals surface area (Å²) in [5.74, 6) is 0.566. The molecule has 0 spiro atoms. The van der Waals surface area contributed by atoms with E-state index in [1.165, 1.54) is 6.92 Å². The number of rotatable bonds is 3. The zero-order chi connectivity index (χ0) is 19.5. The molecule has 6 nitrogen and oxygen atoms in total. The Bertz CT molecular complexity index is 972. The molecule has 2 aromatic rings. The Morgan fingerprint density at radius 2 is 1.79 bits per heavy atom. The van der Waals surface area contributed by atoms with Crippen molar-refractivity contribution < 1.29 is 9.18 Å². The molecule has 1 N–H and O–H groups in total. The van der Waals surface area contributed by atoms with Crippen LogP contribution < -0.4 is 10.5 Å². The predicted molar refractivity (Wildman–Crippen MR) is 103 cm³/mol. The fraction of sp³-hybridized carbons (Fsp3) is 0.476. The van der Waals surface area contributed by atoms with E-state index in [0.717, 1.165) is 44.6 Å². The van der Waals surface area contributed by atoms with Crippen LogP contribution in [0.4, 0.5) is 10.3 Å². The van der Waals surface area contributed by atoms with Gasteiger partial charge in [-0.05, 0) is 25.3 Å². The first kappa shape index (κ1) is 17.4. The minimum atomic E-state index is -0.824. The van der Waals surface area contributed by atoms with Crippen LogP contribution in [0.2, 0.25) is 0 Å². The lowest BCUT2D eigenvalue weighted by Gasteiger charge is -2.26. The van der Waals surface area contributed by atoms with Gasteiger partial charge in [0.05, 0.1) is 11.1 Å². The fourth-order valence-electron chi connectivity index (χ4n) is 4.85. The maximum Gasteiger partial charge on any atom is 0.288 e. The third-order valence-electron chi connectivity index (χ3n) is 6.57. The number of aromatic nitrogens is 2. The van der Waals surface area contributed by atoms with E-state index in [9.17, 15) is 14.0 Å². The molecule has 28 heavy (non-hydrogen) atoms. The molecule has 7 heteroatoms. The minimum Gasteiger partial charge on any atom is -0.342 e. The highest BCUT2D eigenvalue weighted by atomic mass is 19.1. The third-order valence-corrected chi connectivity index (χ3v) is 6.57. The number of nitrogens with zero attached hydrogens (tertiary/aromatic N) is 3. The van der Waals surface area contributed by atoms with Gasteiger partial charge < -0.3 is 9.80 Å². The van der Waals surface area contributed by atoms with Gasteiger partial charge in [-0.1, -0.05) is 30.3 Å². The Kier molecular flexibility index (Phi) is 3.82. The van der Waals surface area contributed by atoms with Crippen molar-refractivity contribution in [1.29, 1.82) is 0 Å². The molecule has 0 radical (unpaired) electrons. The topological polar surface area (TPSA) is 69.3 Å². The number of hydrogen-bond acceptors (Lipinski definition) is 4. The Labute approximate surface area is 162 Å². The van der Waals surface area contributed by atoms with Crippen molar-refractivity contribution in [3.05, 3.63) is 57.8 Å². The number of aromatic amines is 1. The molecule has 1 aromatic carbocycles. The second-order valence-electron chi connectivity index (χ2n) is 8.37. The van der Waals surface area contributed by atoms with Gasteiger partial charge in [0.25, 0.3) is 5.56 Å². The highest BCUT2D eigenvalue weighted by Crippen LogP contribution is 2.50. The normalized spacial score (nSPS) is 25.1. The second-order valence-corrected chi connectivity index (χ2v) is 8.37. The van der Waals surface area contributed by atoms with Crippen molar-refractivity contribution in [3.63, 3.8) is 0 Å². The number of halogens is 1. The average molecular weight is 382 g/mol. The van der Waals surface area contributed by atoms with E-state index in [1.807, 2.05) is 28.0 Å². The van der Waals surface area contributed by atoms with Gasteiger partial charge in [0.1, 0.15) is 0 Å². The molecule has 146 valence electrons. The van der Waals surface area contributed by atoms with Crippen molar-refractivity contribution in [2.24, 2.45) is 11.8 Å². The number of anilines is 1. The van der Waals surface area contributed by atoms with E-state index in [-0.39, 0.29) is 17.0 Å². The highest BCUT2D eigenvalue weighted by molar-refractivity contribution is 5.91. The van der Waals surface area contributed by atoms with Crippen molar-refractivity contribution >= 4 is 11.9 Å². The molecule has 3 aliphatic rings. The van der Waals surface area contributed by atoms with Crippen LogP contribution in [-0.2, 0) is 10.2 Å². The number of carbonyl (C=O) groups is 1. The Morgan fingerprint density at radius 1 is 1.14 bits per heavy atom. The van der Waals surface area contributed by atoms with Crippen molar-refractivity contribution in [2.75, 3.05) is 31.1 Å². The van der Waals surface area contributed by atoms with Crippen LogP contribution in [0.5, 0.6) is 0 Å². The molecule has 2 aliphatic heterocycles. The summed E-state index contributed by atoms with van der Waals surface area (Å²) in [7, 11) is 0. The van der Waals surface area contributed by atoms with Crippen LogP contribution in [0, 0.1) is 24.6 Å². The molecule has 5 rings (SSSR count). The smallest absolute Gasteiger partial charge is 0.288 e. The highest BCUT2D eigenvalue weighted by Gasteiger charge is 2.55. The molecule has 1 aromatic heterocycles. The quantitative estimate of drug-likeness (QED) is 0.880. The lowest BCUT2D eigenvalue weighted by Crippen LogP contribution is -2.40. The largest absolute Gasteiger partial charge is 0.342 e. The molecular weight excluding hydrogens is 359 g/mol. The number of fused-ring (bicyclic) bond motifs is 1. The van der Waals surface area contributed by atoms with E-state index in [2.05, 4.69) is 22.1 Å². The summed E-state index contributed by atoms with van der Waals surface area (Å²) in [5.41, 5.74) is 0.198. The number of hydrogen-bond donors (Lipinski definition) is 1. The molecule has 2 saturated heterocycles. The molecule has 1 aliphatic carbocycles. The Balaban J connectivity index is 1.29. The zero-order valence-electron chi connectivity index (χ0n) is 15.8. The van der Waals surface area contributed by atoms with Crippen LogP contribution >= 0.6 is 0 Å². The van der Waals surface area contributed by atoms with Crippen molar-refractivity contribution in [3.8, 4) is 0 Å². The lowest BCUT2D eigenvalue weighted by atomic mass is 9.94. The zero-order valence-corrected chi connectivity index (χ0v) is 15.8. The SMILES string of the molecule is Cc1nc(N2CC3CN(C(=O)C4(c5ccccc5)CC4)CC3C2)[nH]c(=O)c1F. The van der Waals surface area contributed by atoms with Gasteiger partial charge in [-0.25, -0.2) is 4.98 Å². The van der Waals surface area contributed by atoms with E-state index < -0.39 is 11.4 Å². The van der Waals surface area contributed by atoms with E-state index >= 15 is 0 Å². The fourth-order valence-corrected chi connectivity index (χ4v) is 4.85. The van der Waals surface area contributed by atoms with Crippen LogP contribution in [-0.4, -0.2) is 47.0 Å². The number of benzene rings is 1. The molecule has 1 amide bonds. The average Bonchev–Trinajstić information content (AvgIpc) is 3.27. The maximum absolute atomic E-state index is 13.6. The van der Waals surface area contributed by atoms with Gasteiger partial charge in [-0.3, -0.25) is 14.6 Å². The van der Waals surface area contributed by atoms with Gasteiger partial charge in [-0.2, -0.15) is 4.39 Å². The molecule has 2 unspecified atom stereocenters. The van der Waals surface area contributed by atoms with Gasteiger partial charge in [0.2, 0.25) is 17.7 Å². The molecule has 3 fully saturated rings. The van der Waals surface area contributed by atoms with Crippen LogP contribution in [0.15, 0.2) is 35.1 Å². The summed E-state index contributed by atoms with van der Waals surface area (Å²) in [5, 5.41) is 0. The van der Waals surface area contributed by atoms with Crippen LogP contribution in [0.1, 0.15) is 24.1 Å². The Morgan fingerprint density at radius 3 is 2.36 bits per heavy atom. The van der Waals surface area contributed by atoms with E-state index in [4.69, 9.17) is 0 Å². The molecule has 0 bridgehead atoms. The monoisotopic (exact) mass is 382 g/mol. The third kappa shape index (κ3) is 2.64. The lowest BCUT2D eigenvalue weighted by molar-refractivity contribution is -0.133. The summed E-state index contributed by atoms with van der Waals surface area (Å²) in [4.78, 5) is 35.7. The summed E-state index contributed by atoms with van der Waals surface area (Å²) >= 11 is 0. The van der Waals surface area contributed by atoms with Crippen LogP contribution in [0.25, 0.3) is 0 Å². The van der Waals surface area contributed by atoms with Crippen molar-refractivity contribution in [2.45, 2.75) is 25.2 Å². The number of aryl methyl sites for hydroxylation is 1. The molecule has 3 heterocycles. The van der Waals surface area contributed by atoms with Gasteiger partial charge in [-0.15, -0.1) is 0 Å². The standard InChI is InChI=1S/C21H23FN4O2/c1-13-17(22)18(27)24-20(23-13)26-11-14-9-25(10-15(14)12-26)19(28)21(7-8-21)16-5-3-2-4-6-16/h2-6,14-15H,7-12H2,1H3,(H,23,24,27). The van der Waals surface area contributed by atoms with Crippen LogP contribution in [0.3, 0.4) is 0 Å². The number of carbonyl (C=O) groups excluding carboxylic acids is 1. The van der Waals surface area contributed by atoms with E-state index in [0.29, 0.717) is 17.8 Å². The molecule has 1 saturated carbocycles.